The highest BCUT2D eigenvalue weighted by atomic mass is 16.5. The van der Waals surface area contributed by atoms with E-state index in [1.807, 2.05) is 12.1 Å². The van der Waals surface area contributed by atoms with Gasteiger partial charge in [-0.15, -0.1) is 0 Å². The summed E-state index contributed by atoms with van der Waals surface area (Å²) in [5.41, 5.74) is 6.85. The monoisotopic (exact) mass is 292 g/mol. The summed E-state index contributed by atoms with van der Waals surface area (Å²) in [6, 6.07) is 7.29. The fourth-order valence-corrected chi connectivity index (χ4v) is 2.46. The minimum atomic E-state index is -0.924. The number of aliphatic carboxylic acids is 1. The number of nitrogens with zero attached hydrogens (tertiary/aromatic N) is 1. The molecule has 0 aromatic heterocycles. The van der Waals surface area contributed by atoms with Gasteiger partial charge in [0.2, 0.25) is 5.91 Å². The molecule has 114 valence electrons. The van der Waals surface area contributed by atoms with Crippen LogP contribution in [0.3, 0.4) is 0 Å². The lowest BCUT2D eigenvalue weighted by Gasteiger charge is -2.31. The maximum absolute atomic E-state index is 11.0. The van der Waals surface area contributed by atoms with E-state index < -0.39 is 11.9 Å². The van der Waals surface area contributed by atoms with Crippen LogP contribution in [0.5, 0.6) is 0 Å². The Morgan fingerprint density at radius 3 is 2.38 bits per heavy atom. The molecular weight excluding hydrogens is 272 g/mol. The highest BCUT2D eigenvalue weighted by molar-refractivity contribution is 5.92. The minimum Gasteiger partial charge on any atom is -0.480 e. The summed E-state index contributed by atoms with van der Waals surface area (Å²) >= 11 is 0. The Kier molecular flexibility index (Phi) is 5.30. The van der Waals surface area contributed by atoms with Crippen molar-refractivity contribution in [1.82, 2.24) is 4.90 Å². The van der Waals surface area contributed by atoms with E-state index in [0.29, 0.717) is 5.56 Å². The van der Waals surface area contributed by atoms with E-state index in [2.05, 4.69) is 4.90 Å². The van der Waals surface area contributed by atoms with E-state index in [9.17, 15) is 9.59 Å². The molecule has 2 rings (SSSR count). The number of amides is 1. The van der Waals surface area contributed by atoms with Crippen LogP contribution in [0.4, 0.5) is 0 Å². The van der Waals surface area contributed by atoms with E-state index in [4.69, 9.17) is 15.6 Å². The zero-order chi connectivity index (χ0) is 15.2. The number of piperidine rings is 1. The quantitative estimate of drug-likeness (QED) is 0.811. The molecule has 1 aromatic rings. The first-order valence-corrected chi connectivity index (χ1v) is 6.99. The number of carbonyl (C=O) groups is 2. The van der Waals surface area contributed by atoms with Gasteiger partial charge in [-0.05, 0) is 30.5 Å². The van der Waals surface area contributed by atoms with Crippen LogP contribution in [0.1, 0.15) is 28.8 Å². The van der Waals surface area contributed by atoms with Crippen LogP contribution >= 0.6 is 0 Å². The SMILES string of the molecule is NC(=O)c1ccc(CN2CCC(OCC(=O)O)CC2)cc1. The summed E-state index contributed by atoms with van der Waals surface area (Å²) < 4.78 is 5.31. The number of carboxylic acids is 1. The van der Waals surface area contributed by atoms with Crippen LogP contribution in [0.15, 0.2) is 24.3 Å². The number of rotatable bonds is 6. The first-order chi connectivity index (χ1) is 10.0. The van der Waals surface area contributed by atoms with Crippen molar-refractivity contribution in [2.24, 2.45) is 5.73 Å². The molecular formula is C15H20N2O4. The van der Waals surface area contributed by atoms with E-state index in [1.54, 1.807) is 12.1 Å². The number of ether oxygens (including phenoxy) is 1. The number of benzene rings is 1. The number of carboxylic acid groups (broad SMARTS) is 1. The third kappa shape index (κ3) is 4.84. The van der Waals surface area contributed by atoms with Gasteiger partial charge in [-0.3, -0.25) is 9.69 Å². The number of primary amides is 1. The molecule has 1 aliphatic heterocycles. The lowest BCUT2D eigenvalue weighted by Crippen LogP contribution is -2.37. The largest absolute Gasteiger partial charge is 0.480 e. The van der Waals surface area contributed by atoms with Crippen molar-refractivity contribution in [3.63, 3.8) is 0 Å². The number of hydrogen-bond donors (Lipinski definition) is 2. The average molecular weight is 292 g/mol. The highest BCUT2D eigenvalue weighted by Gasteiger charge is 2.20. The lowest BCUT2D eigenvalue weighted by molar-refractivity contribution is -0.145. The van der Waals surface area contributed by atoms with E-state index >= 15 is 0 Å². The van der Waals surface area contributed by atoms with Crippen molar-refractivity contribution in [3.8, 4) is 0 Å². The molecule has 0 radical (unpaired) electrons. The second-order valence-electron chi connectivity index (χ2n) is 5.24. The number of carbonyl (C=O) groups excluding carboxylic acids is 1. The summed E-state index contributed by atoms with van der Waals surface area (Å²) in [5.74, 6) is -1.34. The first kappa shape index (κ1) is 15.5. The maximum atomic E-state index is 11.0. The predicted molar refractivity (Wildman–Crippen MR) is 76.8 cm³/mol. The number of hydrogen-bond acceptors (Lipinski definition) is 4. The van der Waals surface area contributed by atoms with Gasteiger partial charge in [0.15, 0.2) is 0 Å². The third-order valence-electron chi connectivity index (χ3n) is 3.62. The van der Waals surface area contributed by atoms with Crippen molar-refractivity contribution in [3.05, 3.63) is 35.4 Å². The van der Waals surface area contributed by atoms with Crippen molar-refractivity contribution in [2.75, 3.05) is 19.7 Å². The first-order valence-electron chi connectivity index (χ1n) is 6.99. The molecule has 6 nitrogen and oxygen atoms in total. The van der Waals surface area contributed by atoms with Crippen molar-refractivity contribution in [1.29, 1.82) is 0 Å². The number of likely N-dealkylation sites (tertiary alicyclic amines) is 1. The molecule has 0 aliphatic carbocycles. The van der Waals surface area contributed by atoms with Gasteiger partial charge in [-0.25, -0.2) is 4.79 Å². The van der Waals surface area contributed by atoms with E-state index in [1.165, 1.54) is 0 Å². The maximum Gasteiger partial charge on any atom is 0.329 e. The predicted octanol–water partition coefficient (Wildman–Crippen LogP) is 0.851. The minimum absolute atomic E-state index is 0.0367. The lowest BCUT2D eigenvalue weighted by atomic mass is 10.1. The Morgan fingerprint density at radius 2 is 1.86 bits per heavy atom. The van der Waals surface area contributed by atoms with Gasteiger partial charge >= 0.3 is 5.97 Å². The Labute approximate surface area is 123 Å². The van der Waals surface area contributed by atoms with Gasteiger partial charge in [0, 0.05) is 25.2 Å². The van der Waals surface area contributed by atoms with Crippen LogP contribution in [-0.2, 0) is 16.1 Å². The Bertz CT molecular complexity index is 493. The Balaban J connectivity index is 1.78. The standard InChI is InChI=1S/C15H20N2O4/c16-15(20)12-3-1-11(2-4-12)9-17-7-5-13(6-8-17)21-10-14(18)19/h1-4,13H,5-10H2,(H2,16,20)(H,18,19). The molecule has 1 fully saturated rings. The molecule has 1 aromatic carbocycles. The number of nitrogens with two attached hydrogens (primary N) is 1. The zero-order valence-corrected chi connectivity index (χ0v) is 11.8. The topological polar surface area (TPSA) is 92.9 Å². The summed E-state index contributed by atoms with van der Waals surface area (Å²) in [4.78, 5) is 23.8. The molecule has 1 saturated heterocycles. The van der Waals surface area contributed by atoms with Crippen LogP contribution in [0.25, 0.3) is 0 Å². The van der Waals surface area contributed by atoms with Gasteiger partial charge in [-0.1, -0.05) is 12.1 Å². The van der Waals surface area contributed by atoms with Gasteiger partial charge in [0.05, 0.1) is 6.10 Å². The van der Waals surface area contributed by atoms with E-state index in [-0.39, 0.29) is 12.7 Å². The smallest absolute Gasteiger partial charge is 0.329 e. The molecule has 0 saturated carbocycles. The molecule has 0 spiro atoms. The highest BCUT2D eigenvalue weighted by Crippen LogP contribution is 2.16. The zero-order valence-electron chi connectivity index (χ0n) is 11.8. The Hall–Kier alpha value is -1.92. The summed E-state index contributed by atoms with van der Waals surface area (Å²) in [6.07, 6.45) is 1.72. The molecule has 21 heavy (non-hydrogen) atoms. The molecule has 1 heterocycles. The molecule has 0 unspecified atom stereocenters. The molecule has 6 heteroatoms. The van der Waals surface area contributed by atoms with Crippen LogP contribution < -0.4 is 5.73 Å². The molecule has 1 amide bonds. The van der Waals surface area contributed by atoms with Gasteiger partial charge in [0.25, 0.3) is 0 Å². The average Bonchev–Trinajstić information content (AvgIpc) is 2.47. The summed E-state index contributed by atoms with van der Waals surface area (Å²) in [7, 11) is 0. The van der Waals surface area contributed by atoms with E-state index in [0.717, 1.165) is 38.0 Å². The van der Waals surface area contributed by atoms with Gasteiger partial charge < -0.3 is 15.6 Å². The Morgan fingerprint density at radius 1 is 1.24 bits per heavy atom. The van der Waals surface area contributed by atoms with Crippen LogP contribution in [0, 0.1) is 0 Å². The fourth-order valence-electron chi connectivity index (χ4n) is 2.46. The molecule has 0 atom stereocenters. The fraction of sp³-hybridized carbons (Fsp3) is 0.467. The molecule has 1 aliphatic rings. The second-order valence-corrected chi connectivity index (χ2v) is 5.24. The third-order valence-corrected chi connectivity index (χ3v) is 3.62. The summed E-state index contributed by atoms with van der Waals surface area (Å²) in [6.45, 7) is 2.34. The van der Waals surface area contributed by atoms with Crippen LogP contribution in [-0.4, -0.2) is 47.7 Å². The van der Waals surface area contributed by atoms with Gasteiger partial charge in [0.1, 0.15) is 6.61 Å². The molecule has 0 bridgehead atoms. The molecule has 3 N–H and O–H groups in total. The normalized spacial score (nSPS) is 16.8. The van der Waals surface area contributed by atoms with Crippen molar-refractivity contribution in [2.45, 2.75) is 25.5 Å². The second kappa shape index (κ2) is 7.19. The van der Waals surface area contributed by atoms with Gasteiger partial charge in [-0.2, -0.15) is 0 Å². The van der Waals surface area contributed by atoms with Crippen molar-refractivity contribution >= 4 is 11.9 Å². The van der Waals surface area contributed by atoms with Crippen LogP contribution in [0.2, 0.25) is 0 Å². The van der Waals surface area contributed by atoms with Crippen molar-refractivity contribution < 1.29 is 19.4 Å². The summed E-state index contributed by atoms with van der Waals surface area (Å²) in [5, 5.41) is 8.58.